The second kappa shape index (κ2) is 8.63. The molecular formula is C19H23ClN2O4S. The van der Waals surface area contributed by atoms with Gasteiger partial charge in [-0.25, -0.2) is 8.42 Å². The van der Waals surface area contributed by atoms with Gasteiger partial charge in [-0.1, -0.05) is 36.7 Å². The Labute approximate surface area is 165 Å². The summed E-state index contributed by atoms with van der Waals surface area (Å²) in [6.45, 7) is 3.53. The van der Waals surface area contributed by atoms with Crippen molar-refractivity contribution in [3.05, 3.63) is 52.5 Å². The number of sulfonamides is 1. The molecule has 0 spiro atoms. The number of rotatable bonds is 7. The summed E-state index contributed by atoms with van der Waals surface area (Å²) in [5, 5.41) is 3.10. The zero-order chi connectivity index (χ0) is 20.2. The number of hydrogen-bond acceptors (Lipinski definition) is 4. The van der Waals surface area contributed by atoms with Crippen molar-refractivity contribution in [1.82, 2.24) is 0 Å². The minimum Gasteiger partial charge on any atom is -0.495 e. The molecule has 0 bridgehead atoms. The minimum atomic E-state index is -3.69. The predicted octanol–water partition coefficient (Wildman–Crippen LogP) is 3.62. The molecule has 0 fully saturated rings. The molecular weight excluding hydrogens is 388 g/mol. The van der Waals surface area contributed by atoms with Crippen molar-refractivity contribution in [3.8, 4) is 5.75 Å². The molecule has 0 atom stereocenters. The van der Waals surface area contributed by atoms with Crippen LogP contribution in [-0.2, 0) is 21.2 Å². The smallest absolute Gasteiger partial charge is 0.245 e. The van der Waals surface area contributed by atoms with E-state index in [0.717, 1.165) is 28.1 Å². The van der Waals surface area contributed by atoms with Gasteiger partial charge in [0.1, 0.15) is 12.3 Å². The number of para-hydroxylation sites is 1. The molecule has 0 saturated heterocycles. The van der Waals surface area contributed by atoms with E-state index in [2.05, 4.69) is 5.32 Å². The van der Waals surface area contributed by atoms with Crippen LogP contribution in [0.15, 0.2) is 36.4 Å². The van der Waals surface area contributed by atoms with Crippen LogP contribution in [0.1, 0.15) is 18.1 Å². The topological polar surface area (TPSA) is 75.7 Å². The number of carbonyl (C=O) groups is 1. The first-order valence-electron chi connectivity index (χ1n) is 8.37. The Morgan fingerprint density at radius 1 is 1.26 bits per heavy atom. The maximum absolute atomic E-state index is 12.6. The molecule has 0 unspecified atom stereocenters. The highest BCUT2D eigenvalue weighted by atomic mass is 35.5. The van der Waals surface area contributed by atoms with E-state index >= 15 is 0 Å². The van der Waals surface area contributed by atoms with Crippen molar-refractivity contribution in [3.63, 3.8) is 0 Å². The summed E-state index contributed by atoms with van der Waals surface area (Å²) < 4.78 is 30.6. The molecule has 0 saturated carbocycles. The number of hydrogen-bond donors (Lipinski definition) is 1. The van der Waals surface area contributed by atoms with E-state index in [1.807, 2.05) is 32.0 Å². The third kappa shape index (κ3) is 5.14. The standard InChI is InChI=1S/C19H23ClN2O4S/c1-5-14-8-6-7-13(2)19(14)21-18(23)12-22(27(4,24)25)15-9-10-17(26-3)16(20)11-15/h6-11H,5,12H2,1-4H3,(H,21,23). The van der Waals surface area contributed by atoms with Crippen molar-refractivity contribution < 1.29 is 17.9 Å². The Hall–Kier alpha value is -2.25. The molecule has 8 heteroatoms. The zero-order valence-electron chi connectivity index (χ0n) is 15.7. The fourth-order valence-electron chi connectivity index (χ4n) is 2.72. The van der Waals surface area contributed by atoms with E-state index in [1.54, 1.807) is 12.1 Å². The van der Waals surface area contributed by atoms with Crippen LogP contribution in [0.25, 0.3) is 0 Å². The molecule has 6 nitrogen and oxygen atoms in total. The fraction of sp³-hybridized carbons (Fsp3) is 0.316. The summed E-state index contributed by atoms with van der Waals surface area (Å²) in [5.74, 6) is -0.0119. The van der Waals surface area contributed by atoms with E-state index in [-0.39, 0.29) is 11.6 Å². The summed E-state index contributed by atoms with van der Waals surface area (Å²) in [6.07, 6.45) is 1.80. The lowest BCUT2D eigenvalue weighted by Crippen LogP contribution is -2.37. The molecule has 0 radical (unpaired) electrons. The van der Waals surface area contributed by atoms with Gasteiger partial charge >= 0.3 is 0 Å². The third-order valence-corrected chi connectivity index (χ3v) is 5.55. The summed E-state index contributed by atoms with van der Waals surface area (Å²) >= 11 is 6.10. The Morgan fingerprint density at radius 2 is 1.96 bits per heavy atom. The number of carbonyl (C=O) groups excluding carboxylic acids is 1. The van der Waals surface area contributed by atoms with Gasteiger partial charge in [0.25, 0.3) is 0 Å². The first-order valence-corrected chi connectivity index (χ1v) is 10.6. The molecule has 0 aliphatic heterocycles. The highest BCUT2D eigenvalue weighted by molar-refractivity contribution is 7.92. The molecule has 146 valence electrons. The number of nitrogens with zero attached hydrogens (tertiary/aromatic N) is 1. The number of methoxy groups -OCH3 is 1. The van der Waals surface area contributed by atoms with Crippen LogP contribution in [0.5, 0.6) is 5.75 Å². The molecule has 0 heterocycles. The summed E-state index contributed by atoms with van der Waals surface area (Å²) in [5.41, 5.74) is 2.91. The second-order valence-corrected chi connectivity index (χ2v) is 8.41. The molecule has 0 aliphatic carbocycles. The van der Waals surface area contributed by atoms with Gasteiger partial charge in [0, 0.05) is 5.69 Å². The molecule has 2 rings (SSSR count). The predicted molar refractivity (Wildman–Crippen MR) is 109 cm³/mol. The van der Waals surface area contributed by atoms with Gasteiger partial charge in [-0.3, -0.25) is 9.10 Å². The van der Waals surface area contributed by atoms with E-state index in [1.165, 1.54) is 13.2 Å². The maximum atomic E-state index is 12.6. The first-order chi connectivity index (χ1) is 12.7. The highest BCUT2D eigenvalue weighted by Gasteiger charge is 2.22. The molecule has 2 aromatic rings. The van der Waals surface area contributed by atoms with Crippen LogP contribution >= 0.6 is 11.6 Å². The molecule has 1 N–H and O–H groups in total. The minimum absolute atomic E-state index is 0.260. The molecule has 0 aliphatic rings. The van der Waals surface area contributed by atoms with Crippen molar-refractivity contribution in [2.75, 3.05) is 29.5 Å². The normalized spacial score (nSPS) is 11.1. The Bertz CT molecular complexity index is 945. The highest BCUT2D eigenvalue weighted by Crippen LogP contribution is 2.30. The van der Waals surface area contributed by atoms with Crippen LogP contribution in [0, 0.1) is 6.92 Å². The van der Waals surface area contributed by atoms with Gasteiger partial charge in [-0.2, -0.15) is 0 Å². The number of halogens is 1. The van der Waals surface area contributed by atoms with E-state index < -0.39 is 15.9 Å². The molecule has 0 aromatic heterocycles. The summed E-state index contributed by atoms with van der Waals surface area (Å²) in [6, 6.07) is 10.3. The number of nitrogens with one attached hydrogen (secondary N) is 1. The van der Waals surface area contributed by atoms with Gasteiger partial charge < -0.3 is 10.1 Å². The van der Waals surface area contributed by atoms with Crippen LogP contribution in [0.3, 0.4) is 0 Å². The van der Waals surface area contributed by atoms with Gasteiger partial charge in [0.2, 0.25) is 15.9 Å². The maximum Gasteiger partial charge on any atom is 0.245 e. The third-order valence-electron chi connectivity index (χ3n) is 4.12. The quantitative estimate of drug-likeness (QED) is 0.756. The largest absolute Gasteiger partial charge is 0.495 e. The van der Waals surface area contributed by atoms with Crippen molar-refractivity contribution >= 4 is 38.9 Å². The van der Waals surface area contributed by atoms with Crippen LogP contribution in [-0.4, -0.2) is 34.2 Å². The second-order valence-electron chi connectivity index (χ2n) is 6.10. The number of aryl methyl sites for hydroxylation is 2. The Balaban J connectivity index is 2.30. The average Bonchev–Trinajstić information content (AvgIpc) is 2.60. The lowest BCUT2D eigenvalue weighted by molar-refractivity contribution is -0.114. The Kier molecular flexibility index (Phi) is 6.73. The van der Waals surface area contributed by atoms with E-state index in [0.29, 0.717) is 17.1 Å². The summed E-state index contributed by atoms with van der Waals surface area (Å²) in [7, 11) is -2.23. The van der Waals surface area contributed by atoms with Gasteiger partial charge in [-0.05, 0) is 42.7 Å². The van der Waals surface area contributed by atoms with Crippen molar-refractivity contribution in [1.29, 1.82) is 0 Å². The number of benzene rings is 2. The number of ether oxygens (including phenoxy) is 1. The Morgan fingerprint density at radius 3 is 2.52 bits per heavy atom. The fourth-order valence-corrected chi connectivity index (χ4v) is 3.82. The van der Waals surface area contributed by atoms with E-state index in [9.17, 15) is 13.2 Å². The SMILES string of the molecule is CCc1cccc(C)c1NC(=O)CN(c1ccc(OC)c(Cl)c1)S(C)(=O)=O. The monoisotopic (exact) mass is 410 g/mol. The van der Waals surface area contributed by atoms with Crippen molar-refractivity contribution in [2.24, 2.45) is 0 Å². The van der Waals surface area contributed by atoms with Crippen LogP contribution in [0.2, 0.25) is 5.02 Å². The first kappa shape index (κ1) is 21.1. The van der Waals surface area contributed by atoms with Crippen LogP contribution in [0.4, 0.5) is 11.4 Å². The zero-order valence-corrected chi connectivity index (χ0v) is 17.3. The van der Waals surface area contributed by atoms with Crippen molar-refractivity contribution in [2.45, 2.75) is 20.3 Å². The average molecular weight is 411 g/mol. The molecule has 1 amide bonds. The molecule has 2 aromatic carbocycles. The van der Waals surface area contributed by atoms with Crippen LogP contribution < -0.4 is 14.4 Å². The van der Waals surface area contributed by atoms with Gasteiger partial charge in [0.15, 0.2) is 0 Å². The number of amides is 1. The summed E-state index contributed by atoms with van der Waals surface area (Å²) in [4.78, 5) is 12.6. The number of anilines is 2. The molecule has 27 heavy (non-hydrogen) atoms. The van der Waals surface area contributed by atoms with Gasteiger partial charge in [0.05, 0.1) is 24.1 Å². The van der Waals surface area contributed by atoms with Gasteiger partial charge in [-0.15, -0.1) is 0 Å². The lowest BCUT2D eigenvalue weighted by Gasteiger charge is -2.23. The van der Waals surface area contributed by atoms with E-state index in [4.69, 9.17) is 16.3 Å². The lowest BCUT2D eigenvalue weighted by atomic mass is 10.1.